The van der Waals surface area contributed by atoms with Crippen LogP contribution in [0.4, 0.5) is 0 Å². The maximum absolute atomic E-state index is 5.64. The largest absolute Gasteiger partial charge is 0.330 e. The SMILES string of the molecule is Cc1ccccc1-c1ccnc(C(C)CN)n1. The molecule has 0 fully saturated rings. The molecule has 0 saturated heterocycles. The molecule has 88 valence electrons. The van der Waals surface area contributed by atoms with Crippen LogP contribution in [0.15, 0.2) is 36.5 Å². The van der Waals surface area contributed by atoms with Gasteiger partial charge in [-0.3, -0.25) is 0 Å². The van der Waals surface area contributed by atoms with Crippen LogP contribution in [0.1, 0.15) is 24.2 Å². The Hall–Kier alpha value is -1.74. The lowest BCUT2D eigenvalue weighted by molar-refractivity contribution is 0.712. The van der Waals surface area contributed by atoms with Crippen LogP contribution in [-0.4, -0.2) is 16.5 Å². The van der Waals surface area contributed by atoms with E-state index in [0.29, 0.717) is 6.54 Å². The molecule has 3 nitrogen and oxygen atoms in total. The van der Waals surface area contributed by atoms with Crippen molar-refractivity contribution in [3.8, 4) is 11.3 Å². The first-order valence-electron chi connectivity index (χ1n) is 5.81. The summed E-state index contributed by atoms with van der Waals surface area (Å²) in [5.41, 5.74) is 8.98. The van der Waals surface area contributed by atoms with Crippen LogP contribution < -0.4 is 5.73 Å². The van der Waals surface area contributed by atoms with Crippen LogP contribution in [0.5, 0.6) is 0 Å². The van der Waals surface area contributed by atoms with Gasteiger partial charge in [0.15, 0.2) is 0 Å². The Morgan fingerprint density at radius 3 is 2.71 bits per heavy atom. The highest BCUT2D eigenvalue weighted by Crippen LogP contribution is 2.21. The Kier molecular flexibility index (Phi) is 3.49. The first-order chi connectivity index (χ1) is 8.22. The van der Waals surface area contributed by atoms with Crippen molar-refractivity contribution < 1.29 is 0 Å². The zero-order valence-corrected chi connectivity index (χ0v) is 10.2. The van der Waals surface area contributed by atoms with Crippen molar-refractivity contribution in [3.05, 3.63) is 47.9 Å². The van der Waals surface area contributed by atoms with Crippen LogP contribution in [0, 0.1) is 6.92 Å². The van der Waals surface area contributed by atoms with Gasteiger partial charge < -0.3 is 5.73 Å². The molecule has 2 N–H and O–H groups in total. The van der Waals surface area contributed by atoms with Gasteiger partial charge in [0, 0.05) is 24.2 Å². The number of hydrogen-bond acceptors (Lipinski definition) is 3. The van der Waals surface area contributed by atoms with E-state index in [1.807, 2.05) is 25.1 Å². The van der Waals surface area contributed by atoms with E-state index in [4.69, 9.17) is 5.73 Å². The molecule has 1 unspecified atom stereocenters. The molecule has 0 aliphatic heterocycles. The predicted molar refractivity (Wildman–Crippen MR) is 69.7 cm³/mol. The van der Waals surface area contributed by atoms with Crippen molar-refractivity contribution in [1.29, 1.82) is 0 Å². The monoisotopic (exact) mass is 227 g/mol. The molecule has 1 atom stereocenters. The van der Waals surface area contributed by atoms with E-state index in [9.17, 15) is 0 Å². The van der Waals surface area contributed by atoms with Gasteiger partial charge in [-0.1, -0.05) is 31.2 Å². The van der Waals surface area contributed by atoms with E-state index in [0.717, 1.165) is 17.1 Å². The standard InChI is InChI=1S/C14H17N3/c1-10-5-3-4-6-12(10)13-7-8-16-14(17-13)11(2)9-15/h3-8,11H,9,15H2,1-2H3. The first-order valence-corrected chi connectivity index (χ1v) is 5.81. The van der Waals surface area contributed by atoms with Gasteiger partial charge in [0.05, 0.1) is 5.69 Å². The molecule has 0 radical (unpaired) electrons. The molecule has 2 rings (SSSR count). The quantitative estimate of drug-likeness (QED) is 0.876. The number of rotatable bonds is 3. The summed E-state index contributed by atoms with van der Waals surface area (Å²) in [5, 5.41) is 0. The van der Waals surface area contributed by atoms with Crippen molar-refractivity contribution in [3.63, 3.8) is 0 Å². The molecular formula is C14H17N3. The smallest absolute Gasteiger partial charge is 0.133 e. The van der Waals surface area contributed by atoms with Crippen molar-refractivity contribution in [2.75, 3.05) is 6.54 Å². The van der Waals surface area contributed by atoms with Crippen LogP contribution in [-0.2, 0) is 0 Å². The van der Waals surface area contributed by atoms with E-state index in [1.165, 1.54) is 5.56 Å². The van der Waals surface area contributed by atoms with E-state index in [1.54, 1.807) is 6.20 Å². The lowest BCUT2D eigenvalue weighted by Gasteiger charge is -2.09. The van der Waals surface area contributed by atoms with E-state index in [2.05, 4.69) is 29.0 Å². The molecule has 3 heteroatoms. The molecule has 0 saturated carbocycles. The van der Waals surface area contributed by atoms with Gasteiger partial charge in [-0.2, -0.15) is 0 Å². The van der Waals surface area contributed by atoms with Gasteiger partial charge in [-0.25, -0.2) is 9.97 Å². The minimum Gasteiger partial charge on any atom is -0.330 e. The summed E-state index contributed by atoms with van der Waals surface area (Å²) in [4.78, 5) is 8.86. The zero-order valence-electron chi connectivity index (χ0n) is 10.2. The molecular weight excluding hydrogens is 210 g/mol. The van der Waals surface area contributed by atoms with Gasteiger partial charge in [0.2, 0.25) is 0 Å². The number of hydrogen-bond donors (Lipinski definition) is 1. The minimum atomic E-state index is 0.193. The van der Waals surface area contributed by atoms with E-state index >= 15 is 0 Å². The average molecular weight is 227 g/mol. The topological polar surface area (TPSA) is 51.8 Å². The van der Waals surface area contributed by atoms with Crippen LogP contribution in [0.25, 0.3) is 11.3 Å². The Morgan fingerprint density at radius 1 is 1.24 bits per heavy atom. The molecule has 0 spiro atoms. The summed E-state index contributed by atoms with van der Waals surface area (Å²) < 4.78 is 0. The molecule has 0 aliphatic carbocycles. The van der Waals surface area contributed by atoms with Gasteiger partial charge in [0.1, 0.15) is 5.82 Å². The van der Waals surface area contributed by atoms with Crippen LogP contribution >= 0.6 is 0 Å². The third kappa shape index (κ3) is 2.50. The van der Waals surface area contributed by atoms with Crippen molar-refractivity contribution in [1.82, 2.24) is 9.97 Å². The van der Waals surface area contributed by atoms with Crippen molar-refractivity contribution in [2.24, 2.45) is 5.73 Å². The highest BCUT2D eigenvalue weighted by atomic mass is 14.9. The Labute approximate surface area is 102 Å². The summed E-state index contributed by atoms with van der Waals surface area (Å²) in [6, 6.07) is 10.2. The molecule has 0 amide bonds. The summed E-state index contributed by atoms with van der Waals surface area (Å²) in [5.74, 6) is 1.01. The summed E-state index contributed by atoms with van der Waals surface area (Å²) >= 11 is 0. The molecule has 1 aromatic heterocycles. The fourth-order valence-electron chi connectivity index (χ4n) is 1.73. The second kappa shape index (κ2) is 5.06. The van der Waals surface area contributed by atoms with Gasteiger partial charge in [-0.15, -0.1) is 0 Å². The number of nitrogens with zero attached hydrogens (tertiary/aromatic N) is 2. The number of benzene rings is 1. The normalized spacial score (nSPS) is 12.4. The average Bonchev–Trinajstić information content (AvgIpc) is 2.38. The van der Waals surface area contributed by atoms with Crippen molar-refractivity contribution in [2.45, 2.75) is 19.8 Å². The first kappa shape index (κ1) is 11.7. The predicted octanol–water partition coefficient (Wildman–Crippen LogP) is 2.51. The maximum Gasteiger partial charge on any atom is 0.133 e. The van der Waals surface area contributed by atoms with Crippen LogP contribution in [0.2, 0.25) is 0 Å². The summed E-state index contributed by atoms with van der Waals surface area (Å²) in [6.07, 6.45) is 1.80. The molecule has 0 aliphatic rings. The minimum absolute atomic E-state index is 0.193. The van der Waals surface area contributed by atoms with Gasteiger partial charge in [-0.05, 0) is 18.6 Å². The summed E-state index contributed by atoms with van der Waals surface area (Å²) in [7, 11) is 0. The highest BCUT2D eigenvalue weighted by Gasteiger charge is 2.09. The Bertz CT molecular complexity index is 508. The van der Waals surface area contributed by atoms with Gasteiger partial charge in [0.25, 0.3) is 0 Å². The molecule has 2 aromatic rings. The molecule has 0 bridgehead atoms. The Morgan fingerprint density at radius 2 is 2.00 bits per heavy atom. The highest BCUT2D eigenvalue weighted by molar-refractivity contribution is 5.62. The Balaban J connectivity index is 2.43. The zero-order chi connectivity index (χ0) is 12.3. The van der Waals surface area contributed by atoms with E-state index in [-0.39, 0.29) is 5.92 Å². The lowest BCUT2D eigenvalue weighted by atomic mass is 10.1. The summed E-state index contributed by atoms with van der Waals surface area (Å²) in [6.45, 7) is 4.69. The maximum atomic E-state index is 5.64. The molecule has 1 aromatic carbocycles. The number of nitrogens with two attached hydrogens (primary N) is 1. The van der Waals surface area contributed by atoms with Crippen LogP contribution in [0.3, 0.4) is 0 Å². The second-order valence-corrected chi connectivity index (χ2v) is 4.25. The second-order valence-electron chi connectivity index (χ2n) is 4.25. The molecule has 1 heterocycles. The number of aromatic nitrogens is 2. The number of aryl methyl sites for hydroxylation is 1. The van der Waals surface area contributed by atoms with Crippen molar-refractivity contribution >= 4 is 0 Å². The fraction of sp³-hybridized carbons (Fsp3) is 0.286. The fourth-order valence-corrected chi connectivity index (χ4v) is 1.73. The van der Waals surface area contributed by atoms with E-state index < -0.39 is 0 Å². The molecule has 17 heavy (non-hydrogen) atoms. The third-order valence-electron chi connectivity index (χ3n) is 2.89. The third-order valence-corrected chi connectivity index (χ3v) is 2.89. The van der Waals surface area contributed by atoms with Gasteiger partial charge >= 0.3 is 0 Å². The lowest BCUT2D eigenvalue weighted by Crippen LogP contribution is -2.12.